The van der Waals surface area contributed by atoms with Crippen LogP contribution in [0.5, 0.6) is 0 Å². The van der Waals surface area contributed by atoms with E-state index in [1.165, 1.54) is 6.20 Å². The second-order valence-corrected chi connectivity index (χ2v) is 4.79. The summed E-state index contributed by atoms with van der Waals surface area (Å²) < 4.78 is 0. The molecule has 104 valence electrons. The number of nitrogens with zero attached hydrogens (tertiary/aromatic N) is 2. The molecule has 20 heavy (non-hydrogen) atoms. The third-order valence-corrected chi connectivity index (χ3v) is 3.02. The Labute approximate surface area is 122 Å². The molecule has 0 unspecified atom stereocenters. The van der Waals surface area contributed by atoms with Crippen molar-refractivity contribution >= 4 is 29.0 Å². The smallest absolute Gasteiger partial charge is 0.237 e. The number of hydrogen-bond donors (Lipinski definition) is 2. The van der Waals surface area contributed by atoms with Gasteiger partial charge in [0.15, 0.2) is 0 Å². The highest BCUT2D eigenvalue weighted by Gasteiger charge is 2.12. The summed E-state index contributed by atoms with van der Waals surface area (Å²) in [5.74, 6) is 0.188. The number of carbonyl (C=O) groups excluding carboxylic acids is 1. The number of para-hydroxylation sites is 1. The fraction of sp³-hybridized carbons (Fsp3) is 0.143. The molecule has 0 saturated carbocycles. The van der Waals surface area contributed by atoms with Crippen molar-refractivity contribution in [3.05, 3.63) is 53.2 Å². The molecule has 5 nitrogen and oxygen atoms in total. The maximum atomic E-state index is 11.2. The summed E-state index contributed by atoms with van der Waals surface area (Å²) in [5.41, 5.74) is 12.8. The molecule has 1 heterocycles. The van der Waals surface area contributed by atoms with Gasteiger partial charge in [-0.3, -0.25) is 4.79 Å². The number of halogens is 1. The first-order valence-corrected chi connectivity index (χ1v) is 6.42. The van der Waals surface area contributed by atoms with E-state index in [9.17, 15) is 4.79 Å². The Morgan fingerprint density at radius 3 is 2.60 bits per heavy atom. The lowest BCUT2D eigenvalue weighted by Crippen LogP contribution is -2.34. The largest absolute Gasteiger partial charge is 0.398 e. The topological polar surface area (TPSA) is 85.2 Å². The summed E-state index contributed by atoms with van der Waals surface area (Å²) in [6.45, 7) is 0.507. The van der Waals surface area contributed by atoms with E-state index in [0.29, 0.717) is 23.1 Å². The van der Waals surface area contributed by atoms with E-state index < -0.39 is 5.91 Å². The van der Waals surface area contributed by atoms with Crippen LogP contribution in [0.1, 0.15) is 5.56 Å². The quantitative estimate of drug-likeness (QED) is 0.822. The van der Waals surface area contributed by atoms with Gasteiger partial charge in [-0.1, -0.05) is 29.8 Å². The van der Waals surface area contributed by atoms with Crippen molar-refractivity contribution in [3.63, 3.8) is 0 Å². The van der Waals surface area contributed by atoms with Gasteiger partial charge in [-0.25, -0.2) is 4.98 Å². The maximum Gasteiger partial charge on any atom is 0.237 e. The fourth-order valence-electron chi connectivity index (χ4n) is 1.84. The van der Waals surface area contributed by atoms with E-state index in [1.807, 2.05) is 24.3 Å². The minimum absolute atomic E-state index is 0.0585. The van der Waals surface area contributed by atoms with Crippen molar-refractivity contribution in [2.45, 2.75) is 6.54 Å². The molecule has 0 aliphatic carbocycles. The molecule has 2 aromatic rings. The number of aromatic nitrogens is 1. The van der Waals surface area contributed by atoms with E-state index in [1.54, 1.807) is 17.0 Å². The minimum Gasteiger partial charge on any atom is -0.398 e. The molecule has 4 N–H and O–H groups in total. The number of benzene rings is 1. The third kappa shape index (κ3) is 3.61. The summed E-state index contributed by atoms with van der Waals surface area (Å²) in [4.78, 5) is 17.2. The van der Waals surface area contributed by atoms with Crippen LogP contribution in [0.3, 0.4) is 0 Å². The second-order valence-electron chi connectivity index (χ2n) is 4.36. The number of amides is 1. The monoisotopic (exact) mass is 290 g/mol. The first kappa shape index (κ1) is 14.1. The molecule has 1 aromatic carbocycles. The first-order chi connectivity index (χ1) is 9.56. The van der Waals surface area contributed by atoms with Gasteiger partial charge in [0.2, 0.25) is 5.91 Å². The lowest BCUT2D eigenvalue weighted by atomic mass is 10.1. The number of primary amides is 1. The summed E-state index contributed by atoms with van der Waals surface area (Å²) in [7, 11) is 0. The van der Waals surface area contributed by atoms with Gasteiger partial charge in [0.25, 0.3) is 0 Å². The molecule has 6 heteroatoms. The predicted molar refractivity (Wildman–Crippen MR) is 80.3 cm³/mol. The van der Waals surface area contributed by atoms with E-state index in [2.05, 4.69) is 4.98 Å². The molecule has 0 fully saturated rings. The van der Waals surface area contributed by atoms with Crippen molar-refractivity contribution in [2.75, 3.05) is 17.2 Å². The third-order valence-electron chi connectivity index (χ3n) is 2.80. The number of nitrogen functional groups attached to an aromatic ring is 1. The van der Waals surface area contributed by atoms with Gasteiger partial charge >= 0.3 is 0 Å². The van der Waals surface area contributed by atoms with Crippen LogP contribution in [-0.4, -0.2) is 17.4 Å². The molecule has 0 saturated heterocycles. The zero-order valence-corrected chi connectivity index (χ0v) is 11.5. The van der Waals surface area contributed by atoms with Crippen LogP contribution in [-0.2, 0) is 11.3 Å². The molecule has 0 aliphatic heterocycles. The Kier molecular flexibility index (Phi) is 4.42. The normalized spacial score (nSPS) is 10.2. The van der Waals surface area contributed by atoms with Gasteiger partial charge < -0.3 is 16.4 Å². The zero-order valence-electron chi connectivity index (χ0n) is 10.8. The Morgan fingerprint density at radius 2 is 2.00 bits per heavy atom. The van der Waals surface area contributed by atoms with Crippen LogP contribution in [0.15, 0.2) is 42.6 Å². The molecule has 0 atom stereocenters. The number of rotatable bonds is 5. The van der Waals surface area contributed by atoms with E-state index in [0.717, 1.165) is 5.56 Å². The van der Waals surface area contributed by atoms with Gasteiger partial charge in [-0.2, -0.15) is 0 Å². The fourth-order valence-corrected chi connectivity index (χ4v) is 1.96. The Hall–Kier alpha value is -2.27. The van der Waals surface area contributed by atoms with Crippen molar-refractivity contribution in [1.29, 1.82) is 0 Å². The average Bonchev–Trinajstić information content (AvgIpc) is 2.41. The predicted octanol–water partition coefficient (Wildman–Crippen LogP) is 1.81. The molecule has 2 rings (SSSR count). The Morgan fingerprint density at radius 1 is 1.25 bits per heavy atom. The number of hydrogen-bond acceptors (Lipinski definition) is 4. The number of anilines is 2. The second kappa shape index (κ2) is 6.25. The van der Waals surface area contributed by atoms with Crippen LogP contribution >= 0.6 is 11.6 Å². The van der Waals surface area contributed by atoms with Crippen molar-refractivity contribution in [3.8, 4) is 0 Å². The lowest BCUT2D eigenvalue weighted by Gasteiger charge is -2.23. The summed E-state index contributed by atoms with van der Waals surface area (Å²) >= 11 is 5.81. The first-order valence-electron chi connectivity index (χ1n) is 6.04. The molecule has 0 bridgehead atoms. The number of nitrogens with two attached hydrogens (primary N) is 2. The Balaban J connectivity index is 2.26. The van der Waals surface area contributed by atoms with Crippen LogP contribution in [0.25, 0.3) is 0 Å². The SMILES string of the molecule is NC(=O)CN(Cc1ccccc1N)c1ccc(Cl)cn1. The molecule has 0 radical (unpaired) electrons. The van der Waals surface area contributed by atoms with Crippen molar-refractivity contribution in [1.82, 2.24) is 4.98 Å². The molecule has 1 amide bonds. The van der Waals surface area contributed by atoms with Crippen LogP contribution in [0, 0.1) is 0 Å². The van der Waals surface area contributed by atoms with Gasteiger partial charge in [0, 0.05) is 18.4 Å². The van der Waals surface area contributed by atoms with Gasteiger partial charge in [-0.15, -0.1) is 0 Å². The van der Waals surface area contributed by atoms with E-state index >= 15 is 0 Å². The molecule has 0 aliphatic rings. The highest BCUT2D eigenvalue weighted by molar-refractivity contribution is 6.30. The van der Waals surface area contributed by atoms with Crippen molar-refractivity contribution in [2.24, 2.45) is 5.73 Å². The highest BCUT2D eigenvalue weighted by Crippen LogP contribution is 2.19. The number of carbonyl (C=O) groups is 1. The van der Waals surface area contributed by atoms with Crippen LogP contribution < -0.4 is 16.4 Å². The van der Waals surface area contributed by atoms with E-state index in [4.69, 9.17) is 23.1 Å². The number of pyridine rings is 1. The van der Waals surface area contributed by atoms with Gasteiger partial charge in [0.05, 0.1) is 11.6 Å². The highest BCUT2D eigenvalue weighted by atomic mass is 35.5. The minimum atomic E-state index is -0.434. The van der Waals surface area contributed by atoms with Crippen LogP contribution in [0.4, 0.5) is 11.5 Å². The zero-order chi connectivity index (χ0) is 14.5. The summed E-state index contributed by atoms with van der Waals surface area (Å²) in [6.07, 6.45) is 1.53. The van der Waals surface area contributed by atoms with Crippen molar-refractivity contribution < 1.29 is 4.79 Å². The van der Waals surface area contributed by atoms with E-state index in [-0.39, 0.29) is 6.54 Å². The van der Waals surface area contributed by atoms with Gasteiger partial charge in [-0.05, 0) is 23.8 Å². The summed E-state index contributed by atoms with van der Waals surface area (Å²) in [5, 5.41) is 0.534. The lowest BCUT2D eigenvalue weighted by molar-refractivity contribution is -0.116. The molecule has 1 aromatic heterocycles. The molecule has 0 spiro atoms. The average molecular weight is 291 g/mol. The standard InChI is InChI=1S/C14H15ClN4O/c15-11-5-6-14(18-7-11)19(9-13(17)20)8-10-3-1-2-4-12(10)16/h1-7H,8-9,16H2,(H2,17,20). The van der Waals surface area contributed by atoms with Gasteiger partial charge in [0.1, 0.15) is 5.82 Å². The van der Waals surface area contributed by atoms with Crippen LogP contribution in [0.2, 0.25) is 5.02 Å². The maximum absolute atomic E-state index is 11.2. The Bertz CT molecular complexity index is 600. The molecular weight excluding hydrogens is 276 g/mol. The summed E-state index contributed by atoms with van der Waals surface area (Å²) in [6, 6.07) is 10.9. The molecular formula is C14H15ClN4O.